The third-order valence-electron chi connectivity index (χ3n) is 3.39. The third-order valence-corrected chi connectivity index (χ3v) is 3.82. The molecule has 0 amide bonds. The highest BCUT2D eigenvalue weighted by atomic mass is 79.9. The average molecular weight is 349 g/mol. The highest BCUT2D eigenvalue weighted by Gasteiger charge is 2.16. The minimum atomic E-state index is 0.232. The lowest BCUT2D eigenvalue weighted by Crippen LogP contribution is -2.25. The summed E-state index contributed by atoms with van der Waals surface area (Å²) in [6.45, 7) is 7.14. The number of rotatable bonds is 6. The van der Waals surface area contributed by atoms with Crippen molar-refractivity contribution >= 4 is 15.9 Å². The van der Waals surface area contributed by atoms with Crippen molar-refractivity contribution in [3.05, 3.63) is 51.5 Å². The van der Waals surface area contributed by atoms with Crippen LogP contribution in [0.3, 0.4) is 0 Å². The number of halogens is 1. The van der Waals surface area contributed by atoms with Gasteiger partial charge in [-0.2, -0.15) is 10.2 Å². The molecule has 112 valence electrons. The van der Waals surface area contributed by atoms with Gasteiger partial charge < -0.3 is 5.32 Å². The van der Waals surface area contributed by atoms with E-state index >= 15 is 0 Å². The summed E-state index contributed by atoms with van der Waals surface area (Å²) in [4.78, 5) is 4.25. The number of aromatic nitrogens is 3. The van der Waals surface area contributed by atoms with Gasteiger partial charge in [0.05, 0.1) is 11.4 Å². The third kappa shape index (κ3) is 4.32. The van der Waals surface area contributed by atoms with Crippen LogP contribution in [0.1, 0.15) is 42.4 Å². The molecule has 21 heavy (non-hydrogen) atoms. The monoisotopic (exact) mass is 348 g/mol. The van der Waals surface area contributed by atoms with Crippen LogP contribution >= 0.6 is 15.9 Å². The number of likely N-dealkylation sites (N-methyl/N-ethyl adjacent to an activating group) is 1. The number of nitrogens with one attached hydrogen (secondary N) is 1. The van der Waals surface area contributed by atoms with Crippen LogP contribution in [0.2, 0.25) is 0 Å². The Morgan fingerprint density at radius 2 is 2.00 bits per heavy atom. The van der Waals surface area contributed by atoms with Crippen molar-refractivity contribution in [2.75, 3.05) is 6.54 Å². The van der Waals surface area contributed by atoms with Gasteiger partial charge in [-0.15, -0.1) is 0 Å². The summed E-state index contributed by atoms with van der Waals surface area (Å²) < 4.78 is 1.01. The smallest absolute Gasteiger partial charge is 0.0676 e. The van der Waals surface area contributed by atoms with Crippen LogP contribution in [0.5, 0.6) is 0 Å². The first kappa shape index (κ1) is 16.0. The Bertz CT molecular complexity index is 601. The number of hydrogen-bond acceptors (Lipinski definition) is 4. The molecule has 0 bridgehead atoms. The highest BCUT2D eigenvalue weighted by molar-refractivity contribution is 9.10. The number of hydrogen-bond donors (Lipinski definition) is 1. The van der Waals surface area contributed by atoms with Crippen LogP contribution in [0.4, 0.5) is 0 Å². The van der Waals surface area contributed by atoms with Gasteiger partial charge in [-0.05, 0) is 65.5 Å². The molecule has 5 heteroatoms. The molecule has 1 unspecified atom stereocenters. The summed E-state index contributed by atoms with van der Waals surface area (Å²) in [5, 5.41) is 12.1. The second-order valence-electron chi connectivity index (χ2n) is 5.07. The van der Waals surface area contributed by atoms with E-state index in [0.29, 0.717) is 0 Å². The largest absolute Gasteiger partial charge is 0.310 e. The summed E-state index contributed by atoms with van der Waals surface area (Å²) in [5.74, 6) is 0. The molecule has 2 heterocycles. The van der Waals surface area contributed by atoms with Gasteiger partial charge >= 0.3 is 0 Å². The Labute approximate surface area is 134 Å². The fourth-order valence-corrected chi connectivity index (χ4v) is 2.86. The topological polar surface area (TPSA) is 50.7 Å². The van der Waals surface area contributed by atoms with Crippen molar-refractivity contribution in [2.24, 2.45) is 0 Å². The number of pyridine rings is 1. The molecular weight excluding hydrogens is 328 g/mol. The van der Waals surface area contributed by atoms with Crippen molar-refractivity contribution in [3.63, 3.8) is 0 Å². The number of aryl methyl sites for hydroxylation is 2. The molecule has 0 radical (unpaired) electrons. The molecule has 0 saturated carbocycles. The van der Waals surface area contributed by atoms with E-state index in [1.165, 1.54) is 11.1 Å². The predicted molar refractivity (Wildman–Crippen MR) is 88.2 cm³/mol. The van der Waals surface area contributed by atoms with Crippen LogP contribution < -0.4 is 5.32 Å². The molecule has 2 aromatic rings. The maximum absolute atomic E-state index is 4.34. The quantitative estimate of drug-likeness (QED) is 0.869. The zero-order chi connectivity index (χ0) is 15.2. The van der Waals surface area contributed by atoms with Crippen LogP contribution in [-0.4, -0.2) is 21.7 Å². The molecule has 0 aliphatic heterocycles. The molecule has 0 aliphatic carbocycles. The van der Waals surface area contributed by atoms with E-state index in [1.54, 1.807) is 6.20 Å². The average Bonchev–Trinajstić information content (AvgIpc) is 2.47. The summed E-state index contributed by atoms with van der Waals surface area (Å²) in [7, 11) is 0. The van der Waals surface area contributed by atoms with Crippen LogP contribution in [0.15, 0.2) is 29.0 Å². The second-order valence-corrected chi connectivity index (χ2v) is 5.98. The molecule has 2 rings (SSSR count). The molecule has 0 saturated heterocycles. The van der Waals surface area contributed by atoms with Gasteiger partial charge in [-0.3, -0.25) is 4.98 Å². The molecule has 0 aromatic carbocycles. The van der Waals surface area contributed by atoms with Crippen LogP contribution in [0.25, 0.3) is 0 Å². The first-order valence-electron chi connectivity index (χ1n) is 7.30. The van der Waals surface area contributed by atoms with E-state index in [9.17, 15) is 0 Å². The van der Waals surface area contributed by atoms with E-state index in [0.717, 1.165) is 35.2 Å². The van der Waals surface area contributed by atoms with Crippen LogP contribution in [0, 0.1) is 6.92 Å². The summed E-state index contributed by atoms with van der Waals surface area (Å²) in [6, 6.07) is 4.49. The minimum Gasteiger partial charge on any atom is -0.310 e. The first-order chi connectivity index (χ1) is 10.1. The molecule has 0 spiro atoms. The lowest BCUT2D eigenvalue weighted by atomic mass is 9.97. The minimum absolute atomic E-state index is 0.232. The Morgan fingerprint density at radius 1 is 1.19 bits per heavy atom. The van der Waals surface area contributed by atoms with Gasteiger partial charge in [0, 0.05) is 22.9 Å². The molecule has 1 N–H and O–H groups in total. The Hall–Kier alpha value is -1.33. The summed E-state index contributed by atoms with van der Waals surface area (Å²) in [6.07, 6.45) is 5.50. The van der Waals surface area contributed by atoms with Gasteiger partial charge in [0.25, 0.3) is 0 Å². The van der Waals surface area contributed by atoms with E-state index in [2.05, 4.69) is 62.4 Å². The normalized spacial score (nSPS) is 12.4. The predicted octanol–water partition coefficient (Wildman–Crippen LogP) is 3.40. The fourth-order valence-electron chi connectivity index (χ4n) is 2.45. The number of nitrogens with zero attached hydrogens (tertiary/aromatic N) is 3. The highest BCUT2D eigenvalue weighted by Crippen LogP contribution is 2.23. The van der Waals surface area contributed by atoms with Gasteiger partial charge in [0.15, 0.2) is 0 Å². The lowest BCUT2D eigenvalue weighted by Gasteiger charge is -2.20. The Balaban J connectivity index is 2.32. The molecular formula is C16H21BrN4. The SMILES string of the molecule is CCNC(Cc1cncc(Br)c1)c1cc(C)nnc1CC. The van der Waals surface area contributed by atoms with Crippen molar-refractivity contribution in [3.8, 4) is 0 Å². The zero-order valence-electron chi connectivity index (χ0n) is 12.7. The van der Waals surface area contributed by atoms with E-state index in [4.69, 9.17) is 0 Å². The Kier molecular flexibility index (Phi) is 5.82. The van der Waals surface area contributed by atoms with E-state index < -0.39 is 0 Å². The van der Waals surface area contributed by atoms with Crippen molar-refractivity contribution in [1.29, 1.82) is 0 Å². The van der Waals surface area contributed by atoms with Crippen molar-refractivity contribution < 1.29 is 0 Å². The molecule has 1 atom stereocenters. The van der Waals surface area contributed by atoms with Gasteiger partial charge in [0.1, 0.15) is 0 Å². The molecule has 4 nitrogen and oxygen atoms in total. The van der Waals surface area contributed by atoms with Crippen molar-refractivity contribution in [1.82, 2.24) is 20.5 Å². The summed E-state index contributed by atoms with van der Waals surface area (Å²) in [5.41, 5.74) is 4.46. The van der Waals surface area contributed by atoms with Crippen LogP contribution in [-0.2, 0) is 12.8 Å². The Morgan fingerprint density at radius 3 is 2.67 bits per heavy atom. The van der Waals surface area contributed by atoms with E-state index in [-0.39, 0.29) is 6.04 Å². The molecule has 0 aliphatic rings. The van der Waals surface area contributed by atoms with Gasteiger partial charge in [0.2, 0.25) is 0 Å². The zero-order valence-corrected chi connectivity index (χ0v) is 14.3. The first-order valence-corrected chi connectivity index (χ1v) is 8.09. The standard InChI is InChI=1S/C16H21BrN4/c1-4-15-14(6-11(3)20-21-15)16(19-5-2)8-12-7-13(17)10-18-9-12/h6-7,9-10,16,19H,4-5,8H2,1-3H3. The lowest BCUT2D eigenvalue weighted by molar-refractivity contribution is 0.539. The summed E-state index contributed by atoms with van der Waals surface area (Å²) >= 11 is 3.48. The van der Waals surface area contributed by atoms with Gasteiger partial charge in [-0.1, -0.05) is 13.8 Å². The molecule has 0 fully saturated rings. The second kappa shape index (κ2) is 7.61. The fraction of sp³-hybridized carbons (Fsp3) is 0.438. The maximum Gasteiger partial charge on any atom is 0.0676 e. The van der Waals surface area contributed by atoms with E-state index in [1.807, 2.05) is 13.1 Å². The van der Waals surface area contributed by atoms with Crippen molar-refractivity contribution in [2.45, 2.75) is 39.7 Å². The van der Waals surface area contributed by atoms with Gasteiger partial charge in [-0.25, -0.2) is 0 Å². The maximum atomic E-state index is 4.34. The molecule has 2 aromatic heterocycles.